The van der Waals surface area contributed by atoms with Crippen molar-refractivity contribution < 1.29 is 28.6 Å². The van der Waals surface area contributed by atoms with Crippen molar-refractivity contribution in [1.29, 1.82) is 0 Å². The summed E-state index contributed by atoms with van der Waals surface area (Å²) in [4.78, 5) is 38.3. The van der Waals surface area contributed by atoms with Gasteiger partial charge in [-0.25, -0.2) is 0 Å². The molecule has 0 aliphatic carbocycles. The van der Waals surface area contributed by atoms with Gasteiger partial charge in [-0.3, -0.25) is 14.4 Å². The first-order chi connectivity index (χ1) is 40.0. The first kappa shape index (κ1) is 76.8. The molecule has 0 heterocycles. The Morgan fingerprint density at radius 3 is 0.852 bits per heavy atom. The Hall–Kier alpha value is -4.19. The van der Waals surface area contributed by atoms with Crippen LogP contribution in [0, 0.1) is 0 Å². The van der Waals surface area contributed by atoms with Gasteiger partial charge in [-0.15, -0.1) is 0 Å². The Labute approximate surface area is 501 Å². The summed E-state index contributed by atoms with van der Waals surface area (Å²) in [6.45, 7) is 6.43. The Bertz CT molecular complexity index is 1670. The van der Waals surface area contributed by atoms with Gasteiger partial charge in [0, 0.05) is 19.3 Å². The largest absolute Gasteiger partial charge is 0.462 e. The summed E-state index contributed by atoms with van der Waals surface area (Å²) in [7, 11) is 0. The van der Waals surface area contributed by atoms with Crippen LogP contribution in [0.15, 0.2) is 122 Å². The minimum atomic E-state index is -0.818. The van der Waals surface area contributed by atoms with Crippen LogP contribution >= 0.6 is 0 Å². The van der Waals surface area contributed by atoms with Gasteiger partial charge in [-0.2, -0.15) is 0 Å². The minimum absolute atomic E-state index is 0.106. The van der Waals surface area contributed by atoms with Crippen LogP contribution in [0.5, 0.6) is 0 Å². The van der Waals surface area contributed by atoms with Crippen LogP contribution in [0.1, 0.15) is 316 Å². The monoisotopic (exact) mass is 1120 g/mol. The van der Waals surface area contributed by atoms with E-state index in [2.05, 4.69) is 136 Å². The molecule has 0 amide bonds. The molecule has 462 valence electrons. The van der Waals surface area contributed by atoms with E-state index in [0.29, 0.717) is 19.3 Å². The van der Waals surface area contributed by atoms with Gasteiger partial charge in [0.2, 0.25) is 0 Å². The van der Waals surface area contributed by atoms with Gasteiger partial charge in [0.25, 0.3) is 0 Å². The van der Waals surface area contributed by atoms with E-state index in [1.807, 2.05) is 6.08 Å². The van der Waals surface area contributed by atoms with Crippen LogP contribution in [0.4, 0.5) is 0 Å². The molecule has 6 nitrogen and oxygen atoms in total. The van der Waals surface area contributed by atoms with Crippen molar-refractivity contribution in [2.24, 2.45) is 0 Å². The topological polar surface area (TPSA) is 78.9 Å². The average molecular weight is 1120 g/mol. The fraction of sp³-hybridized carbons (Fsp3) is 0.693. The smallest absolute Gasteiger partial charge is 0.306 e. The predicted octanol–water partition coefficient (Wildman–Crippen LogP) is 23.6. The molecule has 1 unspecified atom stereocenters. The molecule has 1 atom stereocenters. The zero-order valence-electron chi connectivity index (χ0n) is 53.0. The number of esters is 3. The number of ether oxygens (including phenoxy) is 3. The van der Waals surface area contributed by atoms with Crippen molar-refractivity contribution in [1.82, 2.24) is 0 Å². The second-order valence-electron chi connectivity index (χ2n) is 22.3. The third-order valence-corrected chi connectivity index (χ3v) is 14.4. The average Bonchev–Trinajstić information content (AvgIpc) is 3.46. The lowest BCUT2D eigenvalue weighted by molar-refractivity contribution is -0.166. The fourth-order valence-electron chi connectivity index (χ4n) is 9.35. The normalized spacial score (nSPS) is 12.9. The molecule has 0 radical (unpaired) electrons. The lowest BCUT2D eigenvalue weighted by atomic mass is 10.0. The summed E-state index contributed by atoms with van der Waals surface area (Å²) in [6, 6.07) is 0. The summed E-state index contributed by atoms with van der Waals surface area (Å²) in [5.74, 6) is -0.998. The van der Waals surface area contributed by atoms with E-state index in [0.717, 1.165) is 103 Å². The van der Waals surface area contributed by atoms with Crippen molar-refractivity contribution in [2.45, 2.75) is 322 Å². The number of rotatable bonds is 61. The van der Waals surface area contributed by atoms with Crippen LogP contribution in [0.3, 0.4) is 0 Å². The van der Waals surface area contributed by atoms with E-state index in [1.54, 1.807) is 0 Å². The maximum absolute atomic E-state index is 12.9. The van der Waals surface area contributed by atoms with E-state index in [1.165, 1.54) is 167 Å². The lowest BCUT2D eigenvalue weighted by Gasteiger charge is -2.18. The number of carbonyl (C=O) groups excluding carboxylic acids is 3. The maximum Gasteiger partial charge on any atom is 0.306 e. The Morgan fingerprint density at radius 1 is 0.259 bits per heavy atom. The molecule has 81 heavy (non-hydrogen) atoms. The summed E-state index contributed by atoms with van der Waals surface area (Å²) in [5, 5.41) is 0. The van der Waals surface area contributed by atoms with Crippen molar-refractivity contribution in [2.75, 3.05) is 13.2 Å². The van der Waals surface area contributed by atoms with E-state index in [4.69, 9.17) is 14.2 Å². The predicted molar refractivity (Wildman–Crippen MR) is 353 cm³/mol. The molecule has 0 aromatic rings. The highest BCUT2D eigenvalue weighted by atomic mass is 16.6. The molecular formula is C75H126O6. The standard InChI is InChI=1S/C75H126O6/c1-4-7-10-13-16-19-22-25-27-29-31-32-33-34-35-36-37-38-39-40-41-42-44-45-47-50-53-56-59-62-65-68-74(77)80-71-72(70-79-73(76)67-64-61-58-55-52-49-24-21-18-15-12-9-6-3)81-75(78)69-66-63-60-57-54-51-48-46-43-30-28-26-23-20-17-14-11-8-5-2/h9,12,17-18,20-22,25-26,28-29,31,33-34,43,46,49,52,58,61,72H,4-8,10-11,13-16,19,23-24,27,30,32,35-42,44-45,47-48,50-51,53-57,59-60,62-71H2,1-3H3/b12-9-,20-17-,21-18-,25-22-,28-26-,31-29-,34-33-,46-43-,52-49-,61-58-. The Kier molecular flexibility index (Phi) is 64.8. The number of hydrogen-bond donors (Lipinski definition) is 0. The summed E-state index contributed by atoms with van der Waals surface area (Å²) in [5.41, 5.74) is 0. The first-order valence-corrected chi connectivity index (χ1v) is 34.0. The summed E-state index contributed by atoms with van der Waals surface area (Å²) < 4.78 is 16.9. The number of unbranched alkanes of at least 4 members (excludes halogenated alkanes) is 30. The van der Waals surface area contributed by atoms with Crippen LogP contribution in [0.25, 0.3) is 0 Å². The van der Waals surface area contributed by atoms with E-state index in [-0.39, 0.29) is 37.5 Å². The molecule has 0 fully saturated rings. The third-order valence-electron chi connectivity index (χ3n) is 14.4. The second kappa shape index (κ2) is 68.3. The molecule has 6 heteroatoms. The minimum Gasteiger partial charge on any atom is -0.462 e. The zero-order valence-corrected chi connectivity index (χ0v) is 53.0. The summed E-state index contributed by atoms with van der Waals surface area (Å²) in [6.07, 6.45) is 95.3. The molecule has 0 rings (SSSR count). The van der Waals surface area contributed by atoms with E-state index in [9.17, 15) is 14.4 Å². The third kappa shape index (κ3) is 66.5. The highest BCUT2D eigenvalue weighted by Gasteiger charge is 2.19. The molecule has 0 bridgehead atoms. The van der Waals surface area contributed by atoms with E-state index >= 15 is 0 Å². The zero-order chi connectivity index (χ0) is 58.5. The van der Waals surface area contributed by atoms with Crippen molar-refractivity contribution in [3.05, 3.63) is 122 Å². The molecular weight excluding hydrogens is 997 g/mol. The maximum atomic E-state index is 12.9. The lowest BCUT2D eigenvalue weighted by Crippen LogP contribution is -2.30. The molecule has 0 aromatic carbocycles. The molecule has 0 saturated heterocycles. The van der Waals surface area contributed by atoms with Crippen LogP contribution < -0.4 is 0 Å². The van der Waals surface area contributed by atoms with Gasteiger partial charge >= 0.3 is 17.9 Å². The molecule has 0 aliphatic heterocycles. The van der Waals surface area contributed by atoms with Gasteiger partial charge < -0.3 is 14.2 Å². The Morgan fingerprint density at radius 2 is 0.506 bits per heavy atom. The number of carbonyl (C=O) groups is 3. The van der Waals surface area contributed by atoms with Crippen molar-refractivity contribution in [3.63, 3.8) is 0 Å². The van der Waals surface area contributed by atoms with Gasteiger partial charge in [-0.1, -0.05) is 296 Å². The number of hydrogen-bond acceptors (Lipinski definition) is 6. The summed E-state index contributed by atoms with van der Waals surface area (Å²) >= 11 is 0. The second-order valence-corrected chi connectivity index (χ2v) is 22.3. The molecule has 0 aliphatic rings. The van der Waals surface area contributed by atoms with E-state index < -0.39 is 6.10 Å². The molecule has 0 spiro atoms. The van der Waals surface area contributed by atoms with Crippen molar-refractivity contribution in [3.8, 4) is 0 Å². The fourth-order valence-corrected chi connectivity index (χ4v) is 9.35. The number of allylic oxidation sites excluding steroid dienone is 20. The molecule has 0 aromatic heterocycles. The SMILES string of the molecule is CC/C=C\C/C=C\C/C=C\C/C=C\CCC(=O)OCC(COC(=O)CCCCCCCCCCCCCCCCCC/C=C\C/C=C\C/C=C\CCCCCCC)OC(=O)CCCCCCCC/C=C\C/C=C\C/C=C\CCCCC. The van der Waals surface area contributed by atoms with Crippen LogP contribution in [-0.2, 0) is 28.6 Å². The molecule has 0 saturated carbocycles. The molecule has 0 N–H and O–H groups in total. The Balaban J connectivity index is 4.28. The van der Waals surface area contributed by atoms with Gasteiger partial charge in [-0.05, 0) is 122 Å². The quantitative estimate of drug-likeness (QED) is 0.0261. The van der Waals surface area contributed by atoms with Crippen LogP contribution in [0.2, 0.25) is 0 Å². The van der Waals surface area contributed by atoms with Gasteiger partial charge in [0.15, 0.2) is 6.10 Å². The first-order valence-electron chi connectivity index (χ1n) is 34.0. The highest BCUT2D eigenvalue weighted by molar-refractivity contribution is 5.71. The van der Waals surface area contributed by atoms with Crippen molar-refractivity contribution >= 4 is 17.9 Å². The van der Waals surface area contributed by atoms with Crippen LogP contribution in [-0.4, -0.2) is 37.2 Å². The highest BCUT2D eigenvalue weighted by Crippen LogP contribution is 2.16. The van der Waals surface area contributed by atoms with Gasteiger partial charge in [0.1, 0.15) is 13.2 Å². The van der Waals surface area contributed by atoms with Gasteiger partial charge in [0.05, 0.1) is 0 Å².